The predicted molar refractivity (Wildman–Crippen MR) is 127 cm³/mol. The van der Waals surface area contributed by atoms with E-state index in [0.717, 1.165) is 56.9 Å². The van der Waals surface area contributed by atoms with Crippen LogP contribution in [0.15, 0.2) is 18.2 Å². The number of nitrogens with one attached hydrogen (secondary N) is 1. The van der Waals surface area contributed by atoms with Gasteiger partial charge in [0.2, 0.25) is 0 Å². The number of unbranched alkanes of at least 4 members (excludes halogenated alkanes) is 2. The number of carbonyl (C=O) groups is 1. The molecular weight excluding hydrogens is 438 g/mol. The normalized spacial score (nSPS) is 24.4. The molecule has 0 aliphatic heterocycles. The molecule has 34 heavy (non-hydrogen) atoms. The molecule has 0 aromatic heterocycles. The Hall–Kier alpha value is -1.87. The topological polar surface area (TPSA) is 128 Å². The highest BCUT2D eigenvalue weighted by Gasteiger charge is 2.45. The summed E-state index contributed by atoms with van der Waals surface area (Å²) in [5.74, 6) is 1.56. The van der Waals surface area contributed by atoms with Gasteiger partial charge in [0.25, 0.3) is 0 Å². The maximum Gasteiger partial charge on any atom is 0.407 e. The maximum atomic E-state index is 12.1. The Bertz CT molecular complexity index is 772. The number of fused-ring (bicyclic) bond motifs is 2. The molecule has 2 aliphatic rings. The molecule has 1 fully saturated rings. The van der Waals surface area contributed by atoms with Crippen molar-refractivity contribution in [1.82, 2.24) is 5.32 Å². The van der Waals surface area contributed by atoms with Crippen LogP contribution >= 0.6 is 0 Å². The van der Waals surface area contributed by atoms with Crippen molar-refractivity contribution < 1.29 is 34.7 Å². The van der Waals surface area contributed by atoms with Crippen LogP contribution in [0.25, 0.3) is 0 Å². The lowest BCUT2D eigenvalue weighted by Crippen LogP contribution is -2.32. The predicted octanol–water partition coefficient (Wildman–Crippen LogP) is 2.54. The van der Waals surface area contributed by atoms with Gasteiger partial charge in [0, 0.05) is 6.54 Å². The average molecular weight is 480 g/mol. The summed E-state index contributed by atoms with van der Waals surface area (Å²) in [4.78, 5) is 12.1. The van der Waals surface area contributed by atoms with E-state index in [0.29, 0.717) is 24.0 Å². The molecule has 1 aromatic carbocycles. The van der Waals surface area contributed by atoms with Crippen molar-refractivity contribution in [3.63, 3.8) is 0 Å². The summed E-state index contributed by atoms with van der Waals surface area (Å²) in [7, 11) is 0. The van der Waals surface area contributed by atoms with Crippen LogP contribution in [0.4, 0.5) is 4.79 Å². The fraction of sp³-hybridized carbons (Fsp3) is 0.731. The summed E-state index contributed by atoms with van der Waals surface area (Å²) in [5, 5.41) is 40.7. The molecule has 0 bridgehead atoms. The molecule has 2 aliphatic carbocycles. The number of rotatable bonds is 13. The average Bonchev–Trinajstić information content (AvgIpc) is 3.12. The van der Waals surface area contributed by atoms with Crippen molar-refractivity contribution in [3.8, 4) is 5.75 Å². The third-order valence-corrected chi connectivity index (χ3v) is 7.34. The van der Waals surface area contributed by atoms with Gasteiger partial charge in [-0.2, -0.15) is 0 Å². The minimum atomic E-state index is -1.51. The molecular formula is C26H41NO7. The van der Waals surface area contributed by atoms with E-state index in [1.807, 2.05) is 12.1 Å². The summed E-state index contributed by atoms with van der Waals surface area (Å²) in [6, 6.07) is 5.89. The van der Waals surface area contributed by atoms with Gasteiger partial charge >= 0.3 is 6.09 Å². The first-order valence-electron chi connectivity index (χ1n) is 12.8. The van der Waals surface area contributed by atoms with Gasteiger partial charge in [0.1, 0.15) is 18.5 Å². The summed E-state index contributed by atoms with van der Waals surface area (Å²) >= 11 is 0. The van der Waals surface area contributed by atoms with E-state index < -0.39 is 12.4 Å². The Kier molecular flexibility index (Phi) is 10.4. The fourth-order valence-electron chi connectivity index (χ4n) is 5.72. The SMILES string of the molecule is CCCCC[C@@H](CC[C@@H]1[C@H]2Cc3cccc(OCC(O)O)c3C[C@H]2C[C@H]1O)OC(=O)NCCO. The van der Waals surface area contributed by atoms with E-state index in [4.69, 9.17) is 24.8 Å². The largest absolute Gasteiger partial charge is 0.488 e. The fourth-order valence-corrected chi connectivity index (χ4v) is 5.72. The van der Waals surface area contributed by atoms with Crippen LogP contribution in [0.3, 0.4) is 0 Å². The smallest absolute Gasteiger partial charge is 0.407 e. The number of aliphatic hydroxyl groups is 4. The van der Waals surface area contributed by atoms with Gasteiger partial charge in [0.15, 0.2) is 6.29 Å². The summed E-state index contributed by atoms with van der Waals surface area (Å²) in [5.41, 5.74) is 2.31. The Morgan fingerprint density at radius 1 is 1.21 bits per heavy atom. The second kappa shape index (κ2) is 13.3. The van der Waals surface area contributed by atoms with Crippen molar-refractivity contribution >= 4 is 6.09 Å². The Morgan fingerprint density at radius 3 is 2.76 bits per heavy atom. The highest BCUT2D eigenvalue weighted by molar-refractivity contribution is 5.67. The van der Waals surface area contributed by atoms with Crippen LogP contribution in [0.1, 0.15) is 63.0 Å². The molecule has 0 heterocycles. The highest BCUT2D eigenvalue weighted by Crippen LogP contribution is 2.48. The molecule has 5 atom stereocenters. The molecule has 0 unspecified atom stereocenters. The van der Waals surface area contributed by atoms with Crippen LogP contribution in [0, 0.1) is 17.8 Å². The molecule has 1 aromatic rings. The van der Waals surface area contributed by atoms with Gasteiger partial charge in [-0.05, 0) is 79.9 Å². The zero-order valence-corrected chi connectivity index (χ0v) is 20.2. The van der Waals surface area contributed by atoms with Crippen molar-refractivity contribution in [3.05, 3.63) is 29.3 Å². The van der Waals surface area contributed by atoms with Crippen molar-refractivity contribution in [2.75, 3.05) is 19.8 Å². The first-order valence-corrected chi connectivity index (χ1v) is 12.8. The van der Waals surface area contributed by atoms with E-state index in [2.05, 4.69) is 18.3 Å². The lowest BCUT2D eigenvalue weighted by atomic mass is 9.73. The number of ether oxygens (including phenoxy) is 2. The molecule has 0 radical (unpaired) electrons. The van der Waals surface area contributed by atoms with Gasteiger partial charge in [-0.15, -0.1) is 0 Å². The molecule has 0 spiro atoms. The lowest BCUT2D eigenvalue weighted by Gasteiger charge is -2.33. The van der Waals surface area contributed by atoms with E-state index >= 15 is 0 Å². The third-order valence-electron chi connectivity index (χ3n) is 7.34. The minimum absolute atomic E-state index is 0.123. The number of carbonyl (C=O) groups excluding carboxylic acids is 1. The van der Waals surface area contributed by atoms with Crippen LogP contribution in [0.2, 0.25) is 0 Å². The van der Waals surface area contributed by atoms with E-state index in [1.165, 1.54) is 5.56 Å². The van der Waals surface area contributed by atoms with E-state index in [-0.39, 0.29) is 37.9 Å². The minimum Gasteiger partial charge on any atom is -0.488 e. The summed E-state index contributed by atoms with van der Waals surface area (Å²) < 4.78 is 11.3. The van der Waals surface area contributed by atoms with Crippen molar-refractivity contribution in [1.29, 1.82) is 0 Å². The maximum absolute atomic E-state index is 12.1. The lowest BCUT2D eigenvalue weighted by molar-refractivity contribution is -0.0682. The van der Waals surface area contributed by atoms with Gasteiger partial charge in [-0.25, -0.2) is 4.79 Å². The van der Waals surface area contributed by atoms with E-state index in [1.54, 1.807) is 0 Å². The van der Waals surface area contributed by atoms with Crippen LogP contribution in [-0.4, -0.2) is 64.8 Å². The summed E-state index contributed by atoms with van der Waals surface area (Å²) in [6.07, 6.45) is 5.32. The van der Waals surface area contributed by atoms with Crippen molar-refractivity contribution in [2.45, 2.75) is 83.2 Å². The Balaban J connectivity index is 1.63. The first-order chi connectivity index (χ1) is 16.4. The highest BCUT2D eigenvalue weighted by atomic mass is 16.6. The zero-order chi connectivity index (χ0) is 24.5. The molecule has 5 N–H and O–H groups in total. The second-order valence-corrected chi connectivity index (χ2v) is 9.74. The number of benzene rings is 1. The molecule has 1 amide bonds. The number of amides is 1. The third kappa shape index (κ3) is 7.31. The molecule has 8 nitrogen and oxygen atoms in total. The zero-order valence-electron chi connectivity index (χ0n) is 20.2. The van der Waals surface area contributed by atoms with Crippen LogP contribution in [-0.2, 0) is 17.6 Å². The number of hydrogen-bond acceptors (Lipinski definition) is 7. The first kappa shape index (κ1) is 26.7. The Morgan fingerprint density at radius 2 is 2.03 bits per heavy atom. The van der Waals surface area contributed by atoms with Gasteiger partial charge in [-0.1, -0.05) is 31.9 Å². The molecule has 3 rings (SSSR count). The molecule has 1 saturated carbocycles. The number of hydrogen-bond donors (Lipinski definition) is 5. The van der Waals surface area contributed by atoms with Gasteiger partial charge < -0.3 is 35.2 Å². The van der Waals surface area contributed by atoms with Gasteiger partial charge in [-0.3, -0.25) is 0 Å². The summed E-state index contributed by atoms with van der Waals surface area (Å²) in [6.45, 7) is 2.03. The second-order valence-electron chi connectivity index (χ2n) is 9.74. The van der Waals surface area contributed by atoms with E-state index in [9.17, 15) is 9.90 Å². The monoisotopic (exact) mass is 479 g/mol. The standard InChI is InChI=1S/C26H41NO7/c1-2-3-4-7-19(34-26(32)27-11-12-28)9-10-20-21-13-17-6-5-8-24(33-16-25(30)31)22(17)14-18(21)15-23(20)29/h5-6,8,18-21,23,25,28-31H,2-4,7,9-16H2,1H3,(H,27,32)/t18-,19-,20+,21-,23+/m0/s1. The van der Waals surface area contributed by atoms with Gasteiger partial charge in [0.05, 0.1) is 12.7 Å². The molecule has 0 saturated heterocycles. The molecule has 8 heteroatoms. The quantitative estimate of drug-likeness (QED) is 0.217. The van der Waals surface area contributed by atoms with Crippen LogP contribution < -0.4 is 10.1 Å². The Labute approximate surface area is 202 Å². The van der Waals surface area contributed by atoms with Crippen molar-refractivity contribution in [2.24, 2.45) is 17.8 Å². The number of alkyl carbamates (subject to hydrolysis) is 1. The molecule has 192 valence electrons. The number of aliphatic hydroxyl groups excluding tert-OH is 3. The van der Waals surface area contributed by atoms with Crippen LogP contribution in [0.5, 0.6) is 5.75 Å².